The first-order valence-electron chi connectivity index (χ1n) is 6.24. The van der Waals surface area contributed by atoms with Crippen molar-refractivity contribution in [2.24, 2.45) is 5.73 Å². The molecular weight excluding hydrogens is 290 g/mol. The lowest BCUT2D eigenvalue weighted by Gasteiger charge is -2.09. The zero-order chi connectivity index (χ0) is 15.2. The maximum Gasteiger partial charge on any atom is 0.250 e. The number of anilines is 2. The van der Waals surface area contributed by atoms with Crippen LogP contribution in [0, 0.1) is 0 Å². The van der Waals surface area contributed by atoms with Crippen molar-refractivity contribution in [3.8, 4) is 0 Å². The second-order valence-corrected chi connectivity index (χ2v) is 4.73. The lowest BCUT2D eigenvalue weighted by Crippen LogP contribution is -2.21. The molecule has 0 saturated heterocycles. The van der Waals surface area contributed by atoms with Crippen molar-refractivity contribution in [2.45, 2.75) is 0 Å². The Morgan fingerprint density at radius 1 is 1.05 bits per heavy atom. The highest BCUT2D eigenvalue weighted by Gasteiger charge is 2.08. The summed E-state index contributed by atoms with van der Waals surface area (Å²) >= 11 is 5.91. The molecule has 0 heterocycles. The minimum absolute atomic E-state index is 0.124. The first-order valence-corrected chi connectivity index (χ1v) is 6.62. The molecule has 108 valence electrons. The SMILES string of the molecule is NC(=O)c1ccc(NC(=O)CNc2ccccc2)cc1Cl. The predicted molar refractivity (Wildman–Crippen MR) is 83.5 cm³/mol. The van der Waals surface area contributed by atoms with Gasteiger partial charge in [-0.25, -0.2) is 0 Å². The van der Waals surface area contributed by atoms with Gasteiger partial charge < -0.3 is 16.4 Å². The summed E-state index contributed by atoms with van der Waals surface area (Å²) in [6.45, 7) is 0.124. The van der Waals surface area contributed by atoms with E-state index in [0.29, 0.717) is 5.69 Å². The molecular formula is C15H14ClN3O2. The highest BCUT2D eigenvalue weighted by atomic mass is 35.5. The van der Waals surface area contributed by atoms with Crippen LogP contribution in [0.15, 0.2) is 48.5 Å². The molecule has 0 atom stereocenters. The number of hydrogen-bond acceptors (Lipinski definition) is 3. The molecule has 2 rings (SSSR count). The fourth-order valence-electron chi connectivity index (χ4n) is 1.74. The van der Waals surface area contributed by atoms with Crippen LogP contribution in [-0.2, 0) is 4.79 Å². The van der Waals surface area contributed by atoms with Gasteiger partial charge in [-0.15, -0.1) is 0 Å². The number of carbonyl (C=O) groups excluding carboxylic acids is 2. The number of hydrogen-bond donors (Lipinski definition) is 3. The Kier molecular flexibility index (Phi) is 4.79. The van der Waals surface area contributed by atoms with Crippen LogP contribution in [0.25, 0.3) is 0 Å². The van der Waals surface area contributed by atoms with Crippen LogP contribution in [0.5, 0.6) is 0 Å². The monoisotopic (exact) mass is 303 g/mol. The molecule has 0 aliphatic carbocycles. The molecule has 0 saturated carbocycles. The van der Waals surface area contributed by atoms with Gasteiger partial charge in [0.25, 0.3) is 0 Å². The molecule has 2 aromatic carbocycles. The number of halogens is 1. The number of rotatable bonds is 5. The third-order valence-electron chi connectivity index (χ3n) is 2.75. The Bertz CT molecular complexity index is 659. The van der Waals surface area contributed by atoms with E-state index in [1.54, 1.807) is 6.07 Å². The van der Waals surface area contributed by atoms with Crippen molar-refractivity contribution in [3.05, 3.63) is 59.1 Å². The van der Waals surface area contributed by atoms with Crippen LogP contribution >= 0.6 is 11.6 Å². The van der Waals surface area contributed by atoms with Crippen molar-refractivity contribution in [1.82, 2.24) is 0 Å². The normalized spacial score (nSPS) is 9.95. The molecule has 2 amide bonds. The molecule has 2 aromatic rings. The van der Waals surface area contributed by atoms with Gasteiger partial charge in [-0.3, -0.25) is 9.59 Å². The van der Waals surface area contributed by atoms with Crippen molar-refractivity contribution >= 4 is 34.8 Å². The average Bonchev–Trinajstić information content (AvgIpc) is 2.46. The van der Waals surface area contributed by atoms with Gasteiger partial charge in [-0.1, -0.05) is 29.8 Å². The van der Waals surface area contributed by atoms with Gasteiger partial charge in [0.05, 0.1) is 17.1 Å². The summed E-state index contributed by atoms with van der Waals surface area (Å²) in [6.07, 6.45) is 0. The molecule has 6 heteroatoms. The maximum atomic E-state index is 11.8. The molecule has 0 unspecified atom stereocenters. The van der Waals surface area contributed by atoms with E-state index in [1.165, 1.54) is 12.1 Å². The number of carbonyl (C=O) groups is 2. The van der Waals surface area contributed by atoms with Crippen LogP contribution in [0.4, 0.5) is 11.4 Å². The molecule has 0 aliphatic heterocycles. The number of nitrogens with two attached hydrogens (primary N) is 1. The summed E-state index contributed by atoms with van der Waals surface area (Å²) in [5.74, 6) is -0.828. The topological polar surface area (TPSA) is 84.2 Å². The summed E-state index contributed by atoms with van der Waals surface area (Å²) in [7, 11) is 0. The second kappa shape index (κ2) is 6.76. The smallest absolute Gasteiger partial charge is 0.250 e. The first kappa shape index (κ1) is 14.9. The van der Waals surface area contributed by atoms with E-state index in [9.17, 15) is 9.59 Å². The highest BCUT2D eigenvalue weighted by molar-refractivity contribution is 6.34. The summed E-state index contributed by atoms with van der Waals surface area (Å²) in [6, 6.07) is 13.9. The molecule has 4 N–H and O–H groups in total. The van der Waals surface area contributed by atoms with E-state index < -0.39 is 5.91 Å². The number of benzene rings is 2. The third-order valence-corrected chi connectivity index (χ3v) is 3.06. The Morgan fingerprint density at radius 3 is 2.38 bits per heavy atom. The molecule has 21 heavy (non-hydrogen) atoms. The minimum atomic E-state index is -0.608. The van der Waals surface area contributed by atoms with E-state index in [2.05, 4.69) is 10.6 Å². The van der Waals surface area contributed by atoms with Crippen LogP contribution < -0.4 is 16.4 Å². The predicted octanol–water partition coefficient (Wildman–Crippen LogP) is 2.49. The Labute approximate surface area is 127 Å². The Hall–Kier alpha value is -2.53. The van der Waals surface area contributed by atoms with Gasteiger partial charge in [-0.05, 0) is 30.3 Å². The summed E-state index contributed by atoms with van der Waals surface area (Å²) < 4.78 is 0. The molecule has 5 nitrogen and oxygen atoms in total. The minimum Gasteiger partial charge on any atom is -0.376 e. The molecule has 0 spiro atoms. The van der Waals surface area contributed by atoms with E-state index in [0.717, 1.165) is 5.69 Å². The molecule has 0 aliphatic rings. The van der Waals surface area contributed by atoms with Crippen molar-refractivity contribution < 1.29 is 9.59 Å². The molecule has 0 radical (unpaired) electrons. The summed E-state index contributed by atoms with van der Waals surface area (Å²) in [4.78, 5) is 22.9. The van der Waals surface area contributed by atoms with Crippen LogP contribution in [0.2, 0.25) is 5.02 Å². The summed E-state index contributed by atoms with van der Waals surface area (Å²) in [5, 5.41) is 5.88. The lowest BCUT2D eigenvalue weighted by molar-refractivity contribution is -0.114. The number of para-hydroxylation sites is 1. The van der Waals surface area contributed by atoms with Gasteiger partial charge in [0.2, 0.25) is 11.8 Å². The van der Waals surface area contributed by atoms with E-state index in [1.807, 2.05) is 30.3 Å². The lowest BCUT2D eigenvalue weighted by atomic mass is 10.2. The fourth-order valence-corrected chi connectivity index (χ4v) is 2.01. The van der Waals surface area contributed by atoms with Crippen LogP contribution in [0.1, 0.15) is 10.4 Å². The van der Waals surface area contributed by atoms with Gasteiger partial charge in [0.15, 0.2) is 0 Å². The Morgan fingerprint density at radius 2 is 1.76 bits per heavy atom. The molecule has 0 fully saturated rings. The largest absolute Gasteiger partial charge is 0.376 e. The van der Waals surface area contributed by atoms with Crippen LogP contribution in [-0.4, -0.2) is 18.4 Å². The van der Waals surface area contributed by atoms with E-state index in [-0.39, 0.29) is 23.0 Å². The van der Waals surface area contributed by atoms with Gasteiger partial charge in [-0.2, -0.15) is 0 Å². The van der Waals surface area contributed by atoms with Gasteiger partial charge in [0, 0.05) is 11.4 Å². The van der Waals surface area contributed by atoms with E-state index >= 15 is 0 Å². The van der Waals surface area contributed by atoms with Crippen molar-refractivity contribution in [3.63, 3.8) is 0 Å². The fraction of sp³-hybridized carbons (Fsp3) is 0.0667. The second-order valence-electron chi connectivity index (χ2n) is 4.33. The number of primary amides is 1. The maximum absolute atomic E-state index is 11.8. The van der Waals surface area contributed by atoms with Crippen LogP contribution in [0.3, 0.4) is 0 Å². The number of nitrogens with one attached hydrogen (secondary N) is 2. The van der Waals surface area contributed by atoms with Crippen molar-refractivity contribution in [2.75, 3.05) is 17.2 Å². The Balaban J connectivity index is 1.94. The summed E-state index contributed by atoms with van der Waals surface area (Å²) in [5.41, 5.74) is 6.74. The third kappa shape index (κ3) is 4.22. The van der Waals surface area contributed by atoms with Crippen molar-refractivity contribution in [1.29, 1.82) is 0 Å². The highest BCUT2D eigenvalue weighted by Crippen LogP contribution is 2.20. The number of amides is 2. The zero-order valence-electron chi connectivity index (χ0n) is 11.1. The van der Waals surface area contributed by atoms with Gasteiger partial charge in [0.1, 0.15) is 0 Å². The van der Waals surface area contributed by atoms with Gasteiger partial charge >= 0.3 is 0 Å². The zero-order valence-corrected chi connectivity index (χ0v) is 11.9. The quantitative estimate of drug-likeness (QED) is 0.793. The molecule has 0 bridgehead atoms. The first-order chi connectivity index (χ1) is 10.1. The molecule has 0 aromatic heterocycles. The standard InChI is InChI=1S/C15H14ClN3O2/c16-13-8-11(6-7-12(13)15(17)21)19-14(20)9-18-10-4-2-1-3-5-10/h1-8,18H,9H2,(H2,17,21)(H,19,20). The van der Waals surface area contributed by atoms with E-state index in [4.69, 9.17) is 17.3 Å². The average molecular weight is 304 g/mol.